The molecule has 2 N–H and O–H groups in total. The van der Waals surface area contributed by atoms with E-state index in [1.807, 2.05) is 32.0 Å². The van der Waals surface area contributed by atoms with Crippen LogP contribution in [0.4, 0.5) is 4.39 Å². The second-order valence-corrected chi connectivity index (χ2v) is 5.27. The van der Waals surface area contributed by atoms with E-state index in [-0.39, 0.29) is 12.3 Å². The standard InChI is InChI=1S/C15H15BrFNO/c1-9-5-10(2)7-12(6-9)19-13-4-3-11(8-18)14(16)15(13)17/h3-7H,8,18H2,1-2H3. The van der Waals surface area contributed by atoms with Crippen LogP contribution < -0.4 is 10.5 Å². The maximum absolute atomic E-state index is 14.1. The topological polar surface area (TPSA) is 35.2 Å². The molecule has 0 amide bonds. The van der Waals surface area contributed by atoms with Gasteiger partial charge in [-0.05, 0) is 64.7 Å². The molecule has 0 saturated carbocycles. The molecule has 0 aliphatic rings. The molecular weight excluding hydrogens is 309 g/mol. The van der Waals surface area contributed by atoms with Crippen LogP contribution in [0.3, 0.4) is 0 Å². The number of rotatable bonds is 3. The molecule has 0 bridgehead atoms. The number of hydrogen-bond donors (Lipinski definition) is 1. The Morgan fingerprint density at radius 2 is 1.79 bits per heavy atom. The van der Waals surface area contributed by atoms with Crippen molar-refractivity contribution >= 4 is 15.9 Å². The van der Waals surface area contributed by atoms with E-state index in [9.17, 15) is 4.39 Å². The van der Waals surface area contributed by atoms with Gasteiger partial charge in [0.05, 0.1) is 4.47 Å². The van der Waals surface area contributed by atoms with Gasteiger partial charge in [0.1, 0.15) is 5.75 Å². The highest BCUT2D eigenvalue weighted by molar-refractivity contribution is 9.10. The minimum Gasteiger partial charge on any atom is -0.454 e. The number of halogens is 2. The first-order valence-corrected chi connectivity index (χ1v) is 6.73. The molecule has 0 saturated heterocycles. The molecule has 0 fully saturated rings. The maximum atomic E-state index is 14.1. The van der Waals surface area contributed by atoms with Crippen LogP contribution in [0.15, 0.2) is 34.8 Å². The minimum atomic E-state index is -0.429. The van der Waals surface area contributed by atoms with Crippen LogP contribution in [-0.2, 0) is 6.54 Å². The van der Waals surface area contributed by atoms with Crippen molar-refractivity contribution in [3.63, 3.8) is 0 Å². The zero-order valence-electron chi connectivity index (χ0n) is 10.8. The molecule has 19 heavy (non-hydrogen) atoms. The molecule has 2 rings (SSSR count). The van der Waals surface area contributed by atoms with Gasteiger partial charge in [-0.15, -0.1) is 0 Å². The van der Waals surface area contributed by atoms with Crippen molar-refractivity contribution in [3.05, 3.63) is 57.3 Å². The zero-order chi connectivity index (χ0) is 14.0. The van der Waals surface area contributed by atoms with Crippen LogP contribution in [0, 0.1) is 19.7 Å². The number of hydrogen-bond acceptors (Lipinski definition) is 2. The maximum Gasteiger partial charge on any atom is 0.180 e. The van der Waals surface area contributed by atoms with E-state index in [1.54, 1.807) is 12.1 Å². The highest BCUT2D eigenvalue weighted by atomic mass is 79.9. The number of aryl methyl sites for hydroxylation is 2. The first-order valence-electron chi connectivity index (χ1n) is 5.94. The monoisotopic (exact) mass is 323 g/mol. The summed E-state index contributed by atoms with van der Waals surface area (Å²) in [5.74, 6) is 0.389. The van der Waals surface area contributed by atoms with Gasteiger partial charge in [0, 0.05) is 6.54 Å². The molecule has 4 heteroatoms. The van der Waals surface area contributed by atoms with E-state index < -0.39 is 5.82 Å². The lowest BCUT2D eigenvalue weighted by Gasteiger charge is -2.11. The van der Waals surface area contributed by atoms with Gasteiger partial charge >= 0.3 is 0 Å². The van der Waals surface area contributed by atoms with Gasteiger partial charge < -0.3 is 10.5 Å². The molecular formula is C15H15BrFNO. The van der Waals surface area contributed by atoms with Gasteiger partial charge in [-0.2, -0.15) is 0 Å². The molecule has 100 valence electrons. The smallest absolute Gasteiger partial charge is 0.180 e. The second-order valence-electron chi connectivity index (χ2n) is 4.48. The number of benzene rings is 2. The summed E-state index contributed by atoms with van der Waals surface area (Å²) in [6.07, 6.45) is 0. The lowest BCUT2D eigenvalue weighted by atomic mass is 10.1. The quantitative estimate of drug-likeness (QED) is 0.905. The van der Waals surface area contributed by atoms with Gasteiger partial charge in [-0.1, -0.05) is 12.1 Å². The lowest BCUT2D eigenvalue weighted by molar-refractivity contribution is 0.439. The summed E-state index contributed by atoms with van der Waals surface area (Å²) < 4.78 is 20.1. The Bertz CT molecular complexity index is 593. The first kappa shape index (κ1) is 14.0. The fourth-order valence-electron chi connectivity index (χ4n) is 1.93. The normalized spacial score (nSPS) is 10.6. The molecule has 0 atom stereocenters. The third-order valence-corrected chi connectivity index (χ3v) is 3.63. The Kier molecular flexibility index (Phi) is 4.22. The van der Waals surface area contributed by atoms with Crippen LogP contribution >= 0.6 is 15.9 Å². The molecule has 0 aliphatic heterocycles. The van der Waals surface area contributed by atoms with Crippen molar-refractivity contribution in [1.82, 2.24) is 0 Å². The lowest BCUT2D eigenvalue weighted by Crippen LogP contribution is -2.00. The SMILES string of the molecule is Cc1cc(C)cc(Oc2ccc(CN)c(Br)c2F)c1. The van der Waals surface area contributed by atoms with E-state index in [0.717, 1.165) is 11.1 Å². The van der Waals surface area contributed by atoms with Crippen LogP contribution in [-0.4, -0.2) is 0 Å². The number of nitrogens with two attached hydrogens (primary N) is 1. The molecule has 2 aromatic rings. The molecule has 0 aromatic heterocycles. The van der Waals surface area contributed by atoms with Gasteiger partial charge in [0.15, 0.2) is 11.6 Å². The van der Waals surface area contributed by atoms with Crippen molar-refractivity contribution in [3.8, 4) is 11.5 Å². The van der Waals surface area contributed by atoms with E-state index in [0.29, 0.717) is 15.8 Å². The predicted molar refractivity (Wildman–Crippen MR) is 78.0 cm³/mol. The summed E-state index contributed by atoms with van der Waals surface area (Å²) in [6, 6.07) is 9.14. The van der Waals surface area contributed by atoms with Crippen LogP contribution in [0.5, 0.6) is 11.5 Å². The predicted octanol–water partition coefficient (Wildman–Crippen LogP) is 4.46. The average Bonchev–Trinajstić information content (AvgIpc) is 2.34. The van der Waals surface area contributed by atoms with Gasteiger partial charge in [-0.25, -0.2) is 4.39 Å². The Hall–Kier alpha value is -1.39. The summed E-state index contributed by atoms with van der Waals surface area (Å²) in [5.41, 5.74) is 8.39. The average molecular weight is 324 g/mol. The van der Waals surface area contributed by atoms with E-state index >= 15 is 0 Å². The molecule has 2 aromatic carbocycles. The first-order chi connectivity index (χ1) is 9.01. The summed E-state index contributed by atoms with van der Waals surface area (Å²) in [6.45, 7) is 4.23. The fourth-order valence-corrected chi connectivity index (χ4v) is 2.42. The summed E-state index contributed by atoms with van der Waals surface area (Å²) in [5, 5.41) is 0. The van der Waals surface area contributed by atoms with Crippen LogP contribution in [0.25, 0.3) is 0 Å². The summed E-state index contributed by atoms with van der Waals surface area (Å²) in [4.78, 5) is 0. The summed E-state index contributed by atoms with van der Waals surface area (Å²) >= 11 is 3.20. The Morgan fingerprint density at radius 3 is 2.37 bits per heavy atom. The Morgan fingerprint density at radius 1 is 1.16 bits per heavy atom. The van der Waals surface area contributed by atoms with Gasteiger partial charge in [-0.3, -0.25) is 0 Å². The van der Waals surface area contributed by atoms with Crippen LogP contribution in [0.2, 0.25) is 0 Å². The van der Waals surface area contributed by atoms with Crippen molar-refractivity contribution in [1.29, 1.82) is 0 Å². The highest BCUT2D eigenvalue weighted by Gasteiger charge is 2.12. The zero-order valence-corrected chi connectivity index (χ0v) is 12.4. The van der Waals surface area contributed by atoms with E-state index in [4.69, 9.17) is 10.5 Å². The molecule has 0 aliphatic carbocycles. The van der Waals surface area contributed by atoms with Crippen molar-refractivity contribution in [2.24, 2.45) is 5.73 Å². The molecule has 0 radical (unpaired) electrons. The molecule has 0 spiro atoms. The van der Waals surface area contributed by atoms with Gasteiger partial charge in [0.2, 0.25) is 0 Å². The van der Waals surface area contributed by atoms with Crippen LogP contribution in [0.1, 0.15) is 16.7 Å². The third kappa shape index (κ3) is 3.14. The van der Waals surface area contributed by atoms with Crippen molar-refractivity contribution in [2.75, 3.05) is 0 Å². The third-order valence-electron chi connectivity index (χ3n) is 2.77. The fraction of sp³-hybridized carbons (Fsp3) is 0.200. The summed E-state index contributed by atoms with van der Waals surface area (Å²) in [7, 11) is 0. The Balaban J connectivity index is 2.36. The highest BCUT2D eigenvalue weighted by Crippen LogP contribution is 2.32. The largest absolute Gasteiger partial charge is 0.454 e. The molecule has 0 heterocycles. The molecule has 0 unspecified atom stereocenters. The number of ether oxygens (including phenoxy) is 1. The van der Waals surface area contributed by atoms with E-state index in [1.165, 1.54) is 0 Å². The second kappa shape index (κ2) is 5.72. The van der Waals surface area contributed by atoms with Crippen molar-refractivity contribution in [2.45, 2.75) is 20.4 Å². The minimum absolute atomic E-state index is 0.189. The molecule has 2 nitrogen and oxygen atoms in total. The van der Waals surface area contributed by atoms with Crippen molar-refractivity contribution < 1.29 is 9.13 Å². The van der Waals surface area contributed by atoms with Gasteiger partial charge in [0.25, 0.3) is 0 Å². The Labute approximate surface area is 120 Å². The van der Waals surface area contributed by atoms with E-state index in [2.05, 4.69) is 15.9 Å².